The molecule has 3 heterocycles. The van der Waals surface area contributed by atoms with Gasteiger partial charge in [-0.1, -0.05) is 22.9 Å². The Morgan fingerprint density at radius 3 is 3.00 bits per heavy atom. The number of piperidine rings is 1. The Balaban J connectivity index is 1.43. The third kappa shape index (κ3) is 4.80. The second kappa shape index (κ2) is 9.11. The third-order valence-corrected chi connectivity index (χ3v) is 6.14. The molecule has 0 bridgehead atoms. The highest BCUT2D eigenvalue weighted by Crippen LogP contribution is 2.30. The number of hydrogen-bond acceptors (Lipinski definition) is 6. The Hall–Kier alpha value is -2.49. The summed E-state index contributed by atoms with van der Waals surface area (Å²) in [6, 6.07) is 7.79. The lowest BCUT2D eigenvalue weighted by atomic mass is 10.00. The van der Waals surface area contributed by atoms with E-state index in [4.69, 9.17) is 11.6 Å². The monoisotopic (exact) mass is 448 g/mol. The molecular weight excluding hydrogens is 427 g/mol. The van der Waals surface area contributed by atoms with E-state index in [9.17, 15) is 9.18 Å². The standard InChI is InChI=1S/C20H22ClFN6OS/c1-28(16-6-4-13(21)9-14(16)22)17-7-5-15-18(26-17)30-20(25-15)27-19(29)24-11-12-3-2-8-23-10-12/h4-7,9,12,23H,2-3,8,10-11H2,1H3,(H2,24,25,27,29). The highest BCUT2D eigenvalue weighted by atomic mass is 35.5. The molecule has 4 rings (SSSR count). The number of benzene rings is 1. The number of rotatable bonds is 5. The minimum absolute atomic E-state index is 0.278. The Morgan fingerprint density at radius 2 is 2.23 bits per heavy atom. The summed E-state index contributed by atoms with van der Waals surface area (Å²) >= 11 is 7.11. The molecule has 2 aromatic heterocycles. The molecule has 1 saturated heterocycles. The zero-order valence-electron chi connectivity index (χ0n) is 16.4. The number of carbonyl (C=O) groups is 1. The van der Waals surface area contributed by atoms with Crippen LogP contribution >= 0.6 is 22.9 Å². The summed E-state index contributed by atoms with van der Waals surface area (Å²) in [6.45, 7) is 2.60. The van der Waals surface area contributed by atoms with Crippen LogP contribution in [0.25, 0.3) is 10.3 Å². The van der Waals surface area contributed by atoms with Crippen molar-refractivity contribution < 1.29 is 9.18 Å². The normalized spacial score (nSPS) is 16.4. The molecule has 1 aliphatic rings. The number of pyridine rings is 1. The van der Waals surface area contributed by atoms with E-state index in [0.717, 1.165) is 25.9 Å². The van der Waals surface area contributed by atoms with E-state index in [1.165, 1.54) is 17.4 Å². The molecule has 0 aliphatic carbocycles. The maximum absolute atomic E-state index is 14.2. The Labute approximate surface area is 182 Å². The molecular formula is C20H22ClFN6OS. The SMILES string of the molecule is CN(c1ccc2nc(NC(=O)NCC3CCCNC3)sc2n1)c1ccc(Cl)cc1F. The van der Waals surface area contributed by atoms with Gasteiger partial charge in [0, 0.05) is 18.6 Å². The zero-order chi connectivity index (χ0) is 21.1. The molecule has 3 N–H and O–H groups in total. The van der Waals surface area contributed by atoms with Crippen LogP contribution in [-0.2, 0) is 0 Å². The summed E-state index contributed by atoms with van der Waals surface area (Å²) in [5.41, 5.74) is 1.03. The van der Waals surface area contributed by atoms with Crippen LogP contribution in [0.3, 0.4) is 0 Å². The van der Waals surface area contributed by atoms with Gasteiger partial charge >= 0.3 is 6.03 Å². The molecule has 1 aliphatic heterocycles. The average Bonchev–Trinajstić information content (AvgIpc) is 3.14. The van der Waals surface area contributed by atoms with Crippen molar-refractivity contribution >= 4 is 56.0 Å². The fraction of sp³-hybridized carbons (Fsp3) is 0.350. The number of nitrogens with zero attached hydrogens (tertiary/aromatic N) is 3. The number of anilines is 3. The Kier molecular flexibility index (Phi) is 6.31. The lowest BCUT2D eigenvalue weighted by Crippen LogP contribution is -2.39. The van der Waals surface area contributed by atoms with Crippen LogP contribution in [0, 0.1) is 11.7 Å². The van der Waals surface area contributed by atoms with Gasteiger partial charge in [-0.15, -0.1) is 0 Å². The van der Waals surface area contributed by atoms with Gasteiger partial charge in [0.1, 0.15) is 22.0 Å². The van der Waals surface area contributed by atoms with Crippen LogP contribution in [-0.4, -0.2) is 42.7 Å². The molecule has 0 radical (unpaired) electrons. The van der Waals surface area contributed by atoms with Crippen LogP contribution < -0.4 is 20.9 Å². The average molecular weight is 449 g/mol. The lowest BCUT2D eigenvalue weighted by molar-refractivity contribution is 0.248. The van der Waals surface area contributed by atoms with E-state index in [-0.39, 0.29) is 6.03 Å². The Morgan fingerprint density at radius 1 is 1.37 bits per heavy atom. The highest BCUT2D eigenvalue weighted by molar-refractivity contribution is 7.22. The largest absolute Gasteiger partial charge is 0.337 e. The molecule has 7 nitrogen and oxygen atoms in total. The van der Waals surface area contributed by atoms with Crippen molar-refractivity contribution in [1.82, 2.24) is 20.6 Å². The van der Waals surface area contributed by atoms with Crippen molar-refractivity contribution in [1.29, 1.82) is 0 Å². The second-order valence-corrected chi connectivity index (χ2v) is 8.63. The number of halogens is 2. The topological polar surface area (TPSA) is 82.2 Å². The Bertz CT molecular complexity index is 1050. The summed E-state index contributed by atoms with van der Waals surface area (Å²) in [4.78, 5) is 23.5. The van der Waals surface area contributed by atoms with Gasteiger partial charge in [0.15, 0.2) is 5.13 Å². The first-order chi connectivity index (χ1) is 14.5. The zero-order valence-corrected chi connectivity index (χ0v) is 18.0. The fourth-order valence-electron chi connectivity index (χ4n) is 3.40. The quantitative estimate of drug-likeness (QED) is 0.539. The number of thiazole rings is 1. The fourth-order valence-corrected chi connectivity index (χ4v) is 4.39. The van der Waals surface area contributed by atoms with Gasteiger partial charge in [0.2, 0.25) is 0 Å². The van der Waals surface area contributed by atoms with Gasteiger partial charge in [0.25, 0.3) is 0 Å². The molecule has 0 spiro atoms. The van der Waals surface area contributed by atoms with Gasteiger partial charge in [-0.05, 0) is 62.2 Å². The smallest absolute Gasteiger partial charge is 0.321 e. The summed E-state index contributed by atoms with van der Waals surface area (Å²) in [5, 5.41) is 9.82. The number of urea groups is 1. The van der Waals surface area contributed by atoms with Crippen molar-refractivity contribution in [2.45, 2.75) is 12.8 Å². The molecule has 2 amide bonds. The van der Waals surface area contributed by atoms with Gasteiger partial charge < -0.3 is 15.5 Å². The van der Waals surface area contributed by atoms with Crippen LogP contribution in [0.2, 0.25) is 5.02 Å². The summed E-state index contributed by atoms with van der Waals surface area (Å²) in [7, 11) is 1.73. The number of nitrogens with one attached hydrogen (secondary N) is 3. The molecule has 1 unspecified atom stereocenters. The highest BCUT2D eigenvalue weighted by Gasteiger charge is 2.16. The molecule has 30 heavy (non-hydrogen) atoms. The van der Waals surface area contributed by atoms with E-state index in [1.54, 1.807) is 36.2 Å². The van der Waals surface area contributed by atoms with Crippen molar-refractivity contribution in [3.8, 4) is 0 Å². The van der Waals surface area contributed by atoms with Gasteiger partial charge in [-0.2, -0.15) is 0 Å². The maximum atomic E-state index is 14.2. The van der Waals surface area contributed by atoms with Gasteiger partial charge in [-0.25, -0.2) is 19.2 Å². The van der Waals surface area contributed by atoms with Crippen molar-refractivity contribution in [2.75, 3.05) is 36.9 Å². The van der Waals surface area contributed by atoms with E-state index < -0.39 is 5.82 Å². The van der Waals surface area contributed by atoms with E-state index >= 15 is 0 Å². The number of amides is 2. The van der Waals surface area contributed by atoms with Crippen molar-refractivity contribution in [2.24, 2.45) is 5.92 Å². The second-order valence-electron chi connectivity index (χ2n) is 7.21. The predicted molar refractivity (Wildman–Crippen MR) is 120 cm³/mol. The molecule has 10 heteroatoms. The molecule has 0 saturated carbocycles. The van der Waals surface area contributed by atoms with Crippen molar-refractivity contribution in [3.63, 3.8) is 0 Å². The molecule has 158 valence electrons. The molecule has 1 fully saturated rings. The summed E-state index contributed by atoms with van der Waals surface area (Å²) < 4.78 is 14.2. The molecule has 3 aromatic rings. The number of fused-ring (bicyclic) bond motifs is 1. The van der Waals surface area contributed by atoms with Crippen LogP contribution in [0.1, 0.15) is 12.8 Å². The van der Waals surface area contributed by atoms with E-state index in [0.29, 0.717) is 44.5 Å². The number of carbonyl (C=O) groups excluding carboxylic acids is 1. The third-order valence-electron chi connectivity index (χ3n) is 5.03. The maximum Gasteiger partial charge on any atom is 0.321 e. The van der Waals surface area contributed by atoms with Gasteiger partial charge in [0.05, 0.1) is 5.69 Å². The van der Waals surface area contributed by atoms with Crippen LogP contribution in [0.4, 0.5) is 25.8 Å². The first kappa shape index (κ1) is 20.8. The first-order valence-corrected chi connectivity index (χ1v) is 10.9. The minimum atomic E-state index is -0.427. The summed E-state index contributed by atoms with van der Waals surface area (Å²) in [6.07, 6.45) is 2.25. The van der Waals surface area contributed by atoms with Gasteiger partial charge in [-0.3, -0.25) is 5.32 Å². The molecule has 1 aromatic carbocycles. The first-order valence-electron chi connectivity index (χ1n) is 9.71. The minimum Gasteiger partial charge on any atom is -0.337 e. The van der Waals surface area contributed by atoms with Crippen LogP contribution in [0.15, 0.2) is 30.3 Å². The number of aromatic nitrogens is 2. The van der Waals surface area contributed by atoms with E-state index in [2.05, 4.69) is 25.9 Å². The summed E-state index contributed by atoms with van der Waals surface area (Å²) in [5.74, 6) is 0.587. The van der Waals surface area contributed by atoms with E-state index in [1.807, 2.05) is 0 Å². The molecule has 1 atom stereocenters. The predicted octanol–water partition coefficient (Wildman–Crippen LogP) is 4.37. The van der Waals surface area contributed by atoms with Crippen molar-refractivity contribution in [3.05, 3.63) is 41.2 Å². The van der Waals surface area contributed by atoms with Crippen LogP contribution in [0.5, 0.6) is 0 Å². The lowest BCUT2D eigenvalue weighted by Gasteiger charge is -2.22. The number of hydrogen-bond donors (Lipinski definition) is 3.